The SMILES string of the molecule is CC(CCNC(=O)c1cc2cncnc2s1)N1CCC(N)C(N)C1. The topological polar surface area (TPSA) is 110 Å². The summed E-state index contributed by atoms with van der Waals surface area (Å²) in [6.45, 7) is 4.60. The number of aromatic nitrogens is 2. The van der Waals surface area contributed by atoms with E-state index < -0.39 is 0 Å². The van der Waals surface area contributed by atoms with Gasteiger partial charge in [0.15, 0.2) is 0 Å². The number of nitrogens with one attached hydrogen (secondary N) is 1. The van der Waals surface area contributed by atoms with Crippen LogP contribution in [0, 0.1) is 0 Å². The van der Waals surface area contributed by atoms with E-state index in [1.807, 2.05) is 6.07 Å². The lowest BCUT2D eigenvalue weighted by atomic mass is 9.99. The van der Waals surface area contributed by atoms with Gasteiger partial charge >= 0.3 is 0 Å². The summed E-state index contributed by atoms with van der Waals surface area (Å²) in [6.07, 6.45) is 5.04. The van der Waals surface area contributed by atoms with Gasteiger partial charge in [0.2, 0.25) is 0 Å². The highest BCUT2D eigenvalue weighted by Gasteiger charge is 2.26. The summed E-state index contributed by atoms with van der Waals surface area (Å²) in [5.74, 6) is -0.0532. The predicted molar refractivity (Wildman–Crippen MR) is 96.0 cm³/mol. The Bertz CT molecular complexity index is 672. The maximum atomic E-state index is 12.3. The Morgan fingerprint density at radius 2 is 2.33 bits per heavy atom. The maximum absolute atomic E-state index is 12.3. The number of thiophene rings is 1. The molecule has 3 rings (SSSR count). The number of carbonyl (C=O) groups is 1. The van der Waals surface area contributed by atoms with Crippen molar-refractivity contribution < 1.29 is 4.79 Å². The molecule has 1 amide bonds. The Balaban J connectivity index is 1.48. The number of nitrogens with zero attached hydrogens (tertiary/aromatic N) is 3. The van der Waals surface area contributed by atoms with Crippen molar-refractivity contribution in [3.63, 3.8) is 0 Å². The van der Waals surface area contributed by atoms with Crippen LogP contribution in [0.25, 0.3) is 10.2 Å². The van der Waals surface area contributed by atoms with Crippen molar-refractivity contribution in [2.45, 2.75) is 37.9 Å². The van der Waals surface area contributed by atoms with Gasteiger partial charge in [-0.05, 0) is 25.8 Å². The van der Waals surface area contributed by atoms with E-state index >= 15 is 0 Å². The monoisotopic (exact) mass is 348 g/mol. The normalized spacial score (nSPS) is 23.3. The molecule has 2 aromatic rings. The summed E-state index contributed by atoms with van der Waals surface area (Å²) in [5, 5.41) is 3.89. The summed E-state index contributed by atoms with van der Waals surface area (Å²) in [4.78, 5) is 24.3. The van der Waals surface area contributed by atoms with Crippen LogP contribution in [0.5, 0.6) is 0 Å². The second kappa shape index (κ2) is 7.52. The third-order valence-corrected chi connectivity index (χ3v) is 5.69. The van der Waals surface area contributed by atoms with E-state index in [0.29, 0.717) is 17.5 Å². The minimum absolute atomic E-state index is 0.0375. The van der Waals surface area contributed by atoms with E-state index in [1.54, 1.807) is 6.20 Å². The Morgan fingerprint density at radius 1 is 1.50 bits per heavy atom. The summed E-state index contributed by atoms with van der Waals surface area (Å²) in [5.41, 5.74) is 12.0. The highest BCUT2D eigenvalue weighted by molar-refractivity contribution is 7.20. The first-order valence-corrected chi connectivity index (χ1v) is 9.09. The van der Waals surface area contributed by atoms with Crippen molar-refractivity contribution in [2.75, 3.05) is 19.6 Å². The molecule has 1 saturated heterocycles. The number of piperidine rings is 1. The van der Waals surface area contributed by atoms with Crippen molar-refractivity contribution in [1.82, 2.24) is 20.2 Å². The molecule has 0 bridgehead atoms. The Kier molecular flexibility index (Phi) is 5.40. The molecule has 2 aromatic heterocycles. The van der Waals surface area contributed by atoms with E-state index in [2.05, 4.69) is 27.1 Å². The quantitative estimate of drug-likeness (QED) is 0.728. The van der Waals surface area contributed by atoms with Gasteiger partial charge in [-0.15, -0.1) is 11.3 Å². The summed E-state index contributed by atoms with van der Waals surface area (Å²) >= 11 is 1.39. The largest absolute Gasteiger partial charge is 0.351 e. The van der Waals surface area contributed by atoms with Crippen LogP contribution in [-0.2, 0) is 0 Å². The Labute approximate surface area is 145 Å². The number of nitrogens with two attached hydrogens (primary N) is 2. The molecule has 8 heteroatoms. The zero-order valence-electron chi connectivity index (χ0n) is 13.8. The molecule has 24 heavy (non-hydrogen) atoms. The van der Waals surface area contributed by atoms with E-state index in [1.165, 1.54) is 17.7 Å². The molecule has 0 aliphatic carbocycles. The molecule has 1 aliphatic rings. The van der Waals surface area contributed by atoms with E-state index in [0.717, 1.165) is 36.1 Å². The molecule has 0 spiro atoms. The third-order valence-electron chi connectivity index (χ3n) is 4.64. The minimum Gasteiger partial charge on any atom is -0.351 e. The number of amides is 1. The lowest BCUT2D eigenvalue weighted by Gasteiger charge is -2.38. The molecule has 3 unspecified atom stereocenters. The van der Waals surface area contributed by atoms with Crippen LogP contribution in [0.3, 0.4) is 0 Å². The van der Waals surface area contributed by atoms with Gasteiger partial charge in [0.05, 0.1) is 4.88 Å². The van der Waals surface area contributed by atoms with Crippen molar-refractivity contribution in [1.29, 1.82) is 0 Å². The van der Waals surface area contributed by atoms with Crippen LogP contribution in [0.15, 0.2) is 18.6 Å². The highest BCUT2D eigenvalue weighted by atomic mass is 32.1. The van der Waals surface area contributed by atoms with Crippen LogP contribution in [-0.4, -0.2) is 58.5 Å². The van der Waals surface area contributed by atoms with E-state index in [4.69, 9.17) is 11.5 Å². The third kappa shape index (κ3) is 3.89. The van der Waals surface area contributed by atoms with Crippen molar-refractivity contribution >= 4 is 27.5 Å². The molecule has 0 aromatic carbocycles. The van der Waals surface area contributed by atoms with Crippen molar-refractivity contribution in [3.8, 4) is 0 Å². The fourth-order valence-corrected chi connectivity index (χ4v) is 3.88. The van der Waals surface area contributed by atoms with Crippen LogP contribution in [0.2, 0.25) is 0 Å². The molecule has 5 N–H and O–H groups in total. The van der Waals surface area contributed by atoms with E-state index in [-0.39, 0.29) is 18.0 Å². The van der Waals surface area contributed by atoms with Crippen LogP contribution in [0.1, 0.15) is 29.4 Å². The van der Waals surface area contributed by atoms with Crippen LogP contribution in [0.4, 0.5) is 0 Å². The highest BCUT2D eigenvalue weighted by Crippen LogP contribution is 2.22. The fourth-order valence-electron chi connectivity index (χ4n) is 2.99. The molecular weight excluding hydrogens is 324 g/mol. The Hall–Kier alpha value is -1.61. The molecule has 130 valence electrons. The lowest BCUT2D eigenvalue weighted by molar-refractivity contribution is 0.0947. The lowest BCUT2D eigenvalue weighted by Crippen LogP contribution is -2.57. The zero-order chi connectivity index (χ0) is 17.1. The van der Waals surface area contributed by atoms with E-state index in [9.17, 15) is 4.79 Å². The van der Waals surface area contributed by atoms with Crippen molar-refractivity contribution in [2.24, 2.45) is 11.5 Å². The smallest absolute Gasteiger partial charge is 0.261 e. The average Bonchev–Trinajstić information content (AvgIpc) is 3.01. The number of fused-ring (bicyclic) bond motifs is 1. The molecule has 3 atom stereocenters. The molecule has 0 radical (unpaired) electrons. The minimum atomic E-state index is -0.0532. The predicted octanol–water partition coefficient (Wildman–Crippen LogP) is 0.560. The van der Waals surface area contributed by atoms with Gasteiger partial charge in [0.25, 0.3) is 5.91 Å². The fraction of sp³-hybridized carbons (Fsp3) is 0.562. The van der Waals surface area contributed by atoms with Crippen LogP contribution < -0.4 is 16.8 Å². The number of carbonyl (C=O) groups excluding carboxylic acids is 1. The van der Waals surface area contributed by atoms with Gasteiger partial charge in [0, 0.05) is 49.3 Å². The second-order valence-corrected chi connectivity index (χ2v) is 7.43. The molecule has 3 heterocycles. The Morgan fingerprint density at radius 3 is 3.08 bits per heavy atom. The molecule has 0 saturated carbocycles. The first kappa shape index (κ1) is 17.2. The number of rotatable bonds is 5. The molecular formula is C16H24N6OS. The van der Waals surface area contributed by atoms with Gasteiger partial charge in [0.1, 0.15) is 11.2 Å². The standard InChI is InChI=1S/C16H24N6OS/c1-10(22-5-3-12(17)13(18)8-22)2-4-20-15(23)14-6-11-7-19-9-21-16(11)24-14/h6-7,9-10,12-13H,2-5,8,17-18H2,1H3,(H,20,23). The average molecular weight is 348 g/mol. The first-order chi connectivity index (χ1) is 11.5. The molecule has 1 fully saturated rings. The summed E-state index contributed by atoms with van der Waals surface area (Å²) in [7, 11) is 0. The zero-order valence-corrected chi connectivity index (χ0v) is 14.6. The van der Waals surface area contributed by atoms with Gasteiger partial charge in [-0.25, -0.2) is 9.97 Å². The number of hydrogen-bond donors (Lipinski definition) is 3. The second-order valence-electron chi connectivity index (χ2n) is 6.40. The van der Waals surface area contributed by atoms with Gasteiger partial charge in [-0.1, -0.05) is 0 Å². The van der Waals surface area contributed by atoms with Gasteiger partial charge in [-0.3, -0.25) is 9.69 Å². The maximum Gasteiger partial charge on any atom is 0.261 e. The summed E-state index contributed by atoms with van der Waals surface area (Å²) in [6, 6.07) is 2.35. The van der Waals surface area contributed by atoms with Crippen molar-refractivity contribution in [3.05, 3.63) is 23.5 Å². The molecule has 1 aliphatic heterocycles. The number of hydrogen-bond acceptors (Lipinski definition) is 7. The first-order valence-electron chi connectivity index (χ1n) is 8.27. The molecule has 7 nitrogen and oxygen atoms in total. The van der Waals surface area contributed by atoms with Gasteiger partial charge < -0.3 is 16.8 Å². The van der Waals surface area contributed by atoms with Crippen LogP contribution >= 0.6 is 11.3 Å². The summed E-state index contributed by atoms with van der Waals surface area (Å²) < 4.78 is 0. The van der Waals surface area contributed by atoms with Gasteiger partial charge in [-0.2, -0.15) is 0 Å². The number of likely N-dealkylation sites (tertiary alicyclic amines) is 1.